The second-order valence-electron chi connectivity index (χ2n) is 12.0. The maximum atomic E-state index is 14.1. The van der Waals surface area contributed by atoms with Crippen molar-refractivity contribution in [3.05, 3.63) is 35.9 Å². The van der Waals surface area contributed by atoms with Crippen LogP contribution in [-0.4, -0.2) is 50.0 Å². The second-order valence-corrected chi connectivity index (χ2v) is 14.3. The first-order chi connectivity index (χ1) is 19.0. The highest BCUT2D eigenvalue weighted by Gasteiger charge is 2.68. The van der Waals surface area contributed by atoms with Crippen molar-refractivity contribution in [1.82, 2.24) is 4.98 Å². The standard InChI is InChI=1S/C29H32F3N3O4S/c30-29(31,32)28(11-12-28)26-34-24(19-5-7-20(8-6-19)35-13-15-40(37,38)16-14-35)25(39-26)22-4-2-1-3-21(22)23(36)17-27(18-33)9-10-27/h5-8,21-22H,1-4,9-17H2/t21-,22-/m1/s1. The SMILES string of the molecule is N#CC1(CC(=O)[C@@H]2CCCC[C@H]2c2oc(C3(C(F)(F)F)CC3)nc2-c2ccc(N3CCS(=O)(=O)CC3)cc2)CC1. The molecular formula is C29H32F3N3O4S. The van der Waals surface area contributed by atoms with Gasteiger partial charge in [0, 0.05) is 42.6 Å². The lowest BCUT2D eigenvalue weighted by Crippen LogP contribution is -2.40. The van der Waals surface area contributed by atoms with Gasteiger partial charge in [0.2, 0.25) is 5.89 Å². The Morgan fingerprint density at radius 1 is 1.07 bits per heavy atom. The van der Waals surface area contributed by atoms with Crippen LogP contribution in [0.1, 0.15) is 75.4 Å². The zero-order valence-electron chi connectivity index (χ0n) is 22.2. The number of oxazole rings is 1. The Balaban J connectivity index is 1.35. The van der Waals surface area contributed by atoms with Crippen molar-refractivity contribution in [1.29, 1.82) is 5.26 Å². The molecule has 0 spiro atoms. The average Bonchev–Trinajstić information content (AvgIpc) is 3.86. The highest BCUT2D eigenvalue weighted by molar-refractivity contribution is 7.91. The number of aromatic nitrogens is 1. The van der Waals surface area contributed by atoms with E-state index in [1.165, 1.54) is 0 Å². The lowest BCUT2D eigenvalue weighted by Gasteiger charge is -2.30. The number of sulfone groups is 1. The fourth-order valence-corrected chi connectivity index (χ4v) is 7.51. The van der Waals surface area contributed by atoms with E-state index in [0.717, 1.165) is 18.5 Å². The van der Waals surface area contributed by atoms with E-state index in [1.807, 2.05) is 17.0 Å². The smallest absolute Gasteiger partial charge is 0.403 e. The van der Waals surface area contributed by atoms with Crippen molar-refractivity contribution in [2.24, 2.45) is 11.3 Å². The van der Waals surface area contributed by atoms with Gasteiger partial charge in [0.25, 0.3) is 0 Å². The number of carbonyl (C=O) groups is 1. The molecule has 214 valence electrons. The molecule has 0 N–H and O–H groups in total. The fraction of sp³-hybridized carbons (Fsp3) is 0.621. The van der Waals surface area contributed by atoms with Gasteiger partial charge in [-0.3, -0.25) is 4.79 Å². The molecule has 0 unspecified atom stereocenters. The van der Waals surface area contributed by atoms with Gasteiger partial charge in [-0.15, -0.1) is 0 Å². The normalized spacial score (nSPS) is 26.6. The quantitative estimate of drug-likeness (QED) is 0.417. The van der Waals surface area contributed by atoms with E-state index in [9.17, 15) is 31.6 Å². The van der Waals surface area contributed by atoms with Crippen molar-refractivity contribution in [3.8, 4) is 17.3 Å². The molecule has 1 aromatic carbocycles. The van der Waals surface area contributed by atoms with Crippen LogP contribution in [0.2, 0.25) is 0 Å². The number of hydrogen-bond acceptors (Lipinski definition) is 7. The Morgan fingerprint density at radius 2 is 1.73 bits per heavy atom. The van der Waals surface area contributed by atoms with Gasteiger partial charge >= 0.3 is 6.18 Å². The van der Waals surface area contributed by atoms with Gasteiger partial charge in [0.1, 0.15) is 22.7 Å². The van der Waals surface area contributed by atoms with E-state index in [2.05, 4.69) is 11.1 Å². The molecule has 4 aliphatic rings. The molecule has 2 atom stereocenters. The summed E-state index contributed by atoms with van der Waals surface area (Å²) in [7, 11) is -3.03. The van der Waals surface area contributed by atoms with E-state index in [0.29, 0.717) is 55.8 Å². The highest BCUT2D eigenvalue weighted by atomic mass is 32.2. The molecule has 0 amide bonds. The summed E-state index contributed by atoms with van der Waals surface area (Å²) in [5, 5.41) is 9.53. The maximum absolute atomic E-state index is 14.1. The third kappa shape index (κ3) is 4.93. The number of carbonyl (C=O) groups excluding carboxylic acids is 1. The number of rotatable bonds is 7. The number of hydrogen-bond donors (Lipinski definition) is 0. The Hall–Kier alpha value is -2.87. The summed E-state index contributed by atoms with van der Waals surface area (Å²) in [6, 6.07) is 9.50. The minimum atomic E-state index is -4.49. The molecule has 3 aliphatic carbocycles. The van der Waals surface area contributed by atoms with E-state index in [4.69, 9.17) is 4.42 Å². The molecule has 11 heteroatoms. The predicted octanol–water partition coefficient (Wildman–Crippen LogP) is 5.71. The first-order valence-electron chi connectivity index (χ1n) is 14.0. The molecule has 0 radical (unpaired) electrons. The molecule has 2 heterocycles. The number of anilines is 1. The van der Waals surface area contributed by atoms with Crippen molar-refractivity contribution in [2.45, 2.75) is 75.3 Å². The summed E-state index contributed by atoms with van der Waals surface area (Å²) in [6.07, 6.45) is -0.176. The number of ketones is 1. The second kappa shape index (κ2) is 9.61. The molecule has 3 saturated carbocycles. The molecule has 6 rings (SSSR count). The largest absolute Gasteiger partial charge is 0.444 e. The van der Waals surface area contributed by atoms with Crippen LogP contribution in [0.4, 0.5) is 18.9 Å². The van der Waals surface area contributed by atoms with Crippen molar-refractivity contribution >= 4 is 21.3 Å². The monoisotopic (exact) mass is 575 g/mol. The lowest BCUT2D eigenvalue weighted by atomic mass is 9.73. The number of alkyl halides is 3. The van der Waals surface area contributed by atoms with Crippen LogP contribution in [0.5, 0.6) is 0 Å². The minimum Gasteiger partial charge on any atom is -0.444 e. The van der Waals surface area contributed by atoms with Crippen LogP contribution in [0.25, 0.3) is 11.3 Å². The zero-order chi connectivity index (χ0) is 28.3. The van der Waals surface area contributed by atoms with Crippen LogP contribution in [-0.2, 0) is 20.0 Å². The lowest BCUT2D eigenvalue weighted by molar-refractivity contribution is -0.165. The molecule has 7 nitrogen and oxygen atoms in total. The van der Waals surface area contributed by atoms with Crippen LogP contribution in [0, 0.1) is 22.7 Å². The van der Waals surface area contributed by atoms with Crippen molar-refractivity contribution in [2.75, 3.05) is 29.5 Å². The van der Waals surface area contributed by atoms with Crippen LogP contribution < -0.4 is 4.90 Å². The third-order valence-corrected chi connectivity index (χ3v) is 10.9. The zero-order valence-corrected chi connectivity index (χ0v) is 23.0. The van der Waals surface area contributed by atoms with Crippen LogP contribution in [0.15, 0.2) is 28.7 Å². The third-order valence-electron chi connectivity index (χ3n) is 9.33. The summed E-state index contributed by atoms with van der Waals surface area (Å²) in [6.45, 7) is 0.760. The molecule has 2 aromatic rings. The minimum absolute atomic E-state index is 0.0139. The molecule has 1 aromatic heterocycles. The van der Waals surface area contributed by atoms with E-state index in [1.54, 1.807) is 12.1 Å². The summed E-state index contributed by atoms with van der Waals surface area (Å²) >= 11 is 0. The molecule has 0 bridgehead atoms. The fourth-order valence-electron chi connectivity index (χ4n) is 6.31. The average molecular weight is 576 g/mol. The van der Waals surface area contributed by atoms with Gasteiger partial charge in [0.15, 0.2) is 9.84 Å². The van der Waals surface area contributed by atoms with Crippen LogP contribution in [0.3, 0.4) is 0 Å². The molecular weight excluding hydrogens is 543 g/mol. The van der Waals surface area contributed by atoms with Crippen LogP contribution >= 0.6 is 0 Å². The van der Waals surface area contributed by atoms with Gasteiger partial charge in [-0.2, -0.15) is 18.4 Å². The molecule has 1 aliphatic heterocycles. The first-order valence-corrected chi connectivity index (χ1v) is 15.9. The highest BCUT2D eigenvalue weighted by Crippen LogP contribution is 2.60. The van der Waals surface area contributed by atoms with Gasteiger partial charge < -0.3 is 9.32 Å². The Morgan fingerprint density at radius 3 is 2.30 bits per heavy atom. The Bertz CT molecular complexity index is 1440. The predicted molar refractivity (Wildman–Crippen MR) is 141 cm³/mol. The van der Waals surface area contributed by atoms with E-state index >= 15 is 0 Å². The number of nitriles is 1. The van der Waals surface area contributed by atoms with Gasteiger partial charge in [-0.25, -0.2) is 13.4 Å². The van der Waals surface area contributed by atoms with Crippen molar-refractivity contribution in [3.63, 3.8) is 0 Å². The Labute approximate surface area is 231 Å². The molecule has 1 saturated heterocycles. The van der Waals surface area contributed by atoms with Gasteiger partial charge in [-0.1, -0.05) is 25.0 Å². The van der Waals surface area contributed by atoms with E-state index in [-0.39, 0.29) is 42.4 Å². The van der Waals surface area contributed by atoms with Crippen molar-refractivity contribution < 1.29 is 30.8 Å². The number of nitrogens with zero attached hydrogens (tertiary/aromatic N) is 3. The summed E-state index contributed by atoms with van der Waals surface area (Å²) < 4.78 is 72.0. The van der Waals surface area contributed by atoms with Gasteiger partial charge in [-0.05, 0) is 50.7 Å². The number of Topliss-reactive ketones (excluding diaryl/α,β-unsaturated/α-hetero) is 1. The summed E-state index contributed by atoms with van der Waals surface area (Å²) in [5.74, 6) is -0.674. The Kier molecular flexibility index (Phi) is 6.56. The van der Waals surface area contributed by atoms with E-state index < -0.39 is 38.7 Å². The summed E-state index contributed by atoms with van der Waals surface area (Å²) in [5.41, 5.74) is -0.915. The van der Waals surface area contributed by atoms with Gasteiger partial charge in [0.05, 0.1) is 23.0 Å². The summed E-state index contributed by atoms with van der Waals surface area (Å²) in [4.78, 5) is 19.9. The number of benzene rings is 1. The topological polar surface area (TPSA) is 104 Å². The molecule has 40 heavy (non-hydrogen) atoms. The maximum Gasteiger partial charge on any atom is 0.403 e. The first kappa shape index (κ1) is 27.3. The molecule has 4 fully saturated rings. The number of halogens is 3.